The Kier molecular flexibility index (Phi) is 6.16. The third kappa shape index (κ3) is 5.52. The summed E-state index contributed by atoms with van der Waals surface area (Å²) in [4.78, 5) is 14.8. The van der Waals surface area contributed by atoms with Crippen LogP contribution in [0.5, 0.6) is 5.75 Å². The van der Waals surface area contributed by atoms with Gasteiger partial charge in [-0.05, 0) is 24.3 Å². The Morgan fingerprint density at radius 3 is 2.33 bits per heavy atom. The van der Waals surface area contributed by atoms with E-state index in [-0.39, 0.29) is 5.91 Å². The lowest BCUT2D eigenvalue weighted by Crippen LogP contribution is -2.32. The van der Waals surface area contributed by atoms with Gasteiger partial charge < -0.3 is 9.64 Å². The number of rotatable bonds is 7. The largest absolute Gasteiger partial charge is 0.492 e. The Hall–Kier alpha value is -1.94. The number of amides is 1. The fourth-order valence-corrected chi connectivity index (χ4v) is 2.57. The molecular formula is C17H19NO2S. The minimum Gasteiger partial charge on any atom is -0.492 e. The highest BCUT2D eigenvalue weighted by Crippen LogP contribution is 2.17. The van der Waals surface area contributed by atoms with Gasteiger partial charge in [-0.15, -0.1) is 11.8 Å². The minimum atomic E-state index is 0.112. The lowest BCUT2D eigenvalue weighted by Gasteiger charge is -2.17. The van der Waals surface area contributed by atoms with Gasteiger partial charge in [-0.3, -0.25) is 4.79 Å². The lowest BCUT2D eigenvalue weighted by molar-refractivity contribution is -0.127. The third-order valence-electron chi connectivity index (χ3n) is 2.97. The maximum Gasteiger partial charge on any atom is 0.232 e. The van der Waals surface area contributed by atoms with Gasteiger partial charge in [0, 0.05) is 11.9 Å². The second kappa shape index (κ2) is 8.37. The molecular weight excluding hydrogens is 282 g/mol. The SMILES string of the molecule is CN(CCOc1ccccc1)C(=O)CSc1ccccc1. The van der Waals surface area contributed by atoms with E-state index < -0.39 is 0 Å². The number of ether oxygens (including phenoxy) is 1. The van der Waals surface area contributed by atoms with E-state index in [1.54, 1.807) is 16.7 Å². The normalized spacial score (nSPS) is 10.1. The fraction of sp³-hybridized carbons (Fsp3) is 0.235. The molecule has 0 unspecified atom stereocenters. The highest BCUT2D eigenvalue weighted by Gasteiger charge is 2.09. The van der Waals surface area contributed by atoms with E-state index in [0.29, 0.717) is 18.9 Å². The van der Waals surface area contributed by atoms with Crippen LogP contribution in [0.15, 0.2) is 65.6 Å². The molecule has 0 aliphatic carbocycles. The van der Waals surface area contributed by atoms with Crippen LogP contribution < -0.4 is 4.74 Å². The lowest BCUT2D eigenvalue weighted by atomic mass is 10.3. The van der Waals surface area contributed by atoms with Crippen molar-refractivity contribution >= 4 is 17.7 Å². The van der Waals surface area contributed by atoms with E-state index in [4.69, 9.17) is 4.74 Å². The van der Waals surface area contributed by atoms with Crippen molar-refractivity contribution in [1.29, 1.82) is 0 Å². The number of carbonyl (C=O) groups excluding carboxylic acids is 1. The maximum absolute atomic E-state index is 12.0. The van der Waals surface area contributed by atoms with E-state index in [2.05, 4.69) is 0 Å². The standard InChI is InChI=1S/C17H19NO2S/c1-18(12-13-20-15-8-4-2-5-9-15)17(19)14-21-16-10-6-3-7-11-16/h2-11H,12-14H2,1H3. The van der Waals surface area contributed by atoms with Gasteiger partial charge in [0.05, 0.1) is 12.3 Å². The van der Waals surface area contributed by atoms with Crippen LogP contribution in [0.25, 0.3) is 0 Å². The van der Waals surface area contributed by atoms with Crippen LogP contribution >= 0.6 is 11.8 Å². The summed E-state index contributed by atoms with van der Waals surface area (Å²) < 4.78 is 5.59. The van der Waals surface area contributed by atoms with Crippen molar-refractivity contribution in [3.05, 3.63) is 60.7 Å². The van der Waals surface area contributed by atoms with Crippen LogP contribution in [0, 0.1) is 0 Å². The summed E-state index contributed by atoms with van der Waals surface area (Å²) in [5.41, 5.74) is 0. The summed E-state index contributed by atoms with van der Waals surface area (Å²) >= 11 is 1.55. The predicted octanol–water partition coefficient (Wildman–Crippen LogP) is 3.32. The zero-order valence-corrected chi connectivity index (χ0v) is 12.9. The van der Waals surface area contributed by atoms with Crippen LogP contribution in [0.3, 0.4) is 0 Å². The Morgan fingerprint density at radius 1 is 1.05 bits per heavy atom. The number of hydrogen-bond donors (Lipinski definition) is 0. The van der Waals surface area contributed by atoms with Crippen molar-refractivity contribution in [2.75, 3.05) is 26.0 Å². The van der Waals surface area contributed by atoms with Crippen molar-refractivity contribution in [2.45, 2.75) is 4.90 Å². The van der Waals surface area contributed by atoms with E-state index in [1.165, 1.54) is 0 Å². The first-order chi connectivity index (χ1) is 10.3. The highest BCUT2D eigenvalue weighted by atomic mass is 32.2. The van der Waals surface area contributed by atoms with Gasteiger partial charge in [-0.25, -0.2) is 0 Å². The van der Waals surface area contributed by atoms with Gasteiger partial charge in [0.25, 0.3) is 0 Å². The van der Waals surface area contributed by atoms with Crippen LogP contribution in [0.4, 0.5) is 0 Å². The molecule has 2 aromatic rings. The second-order valence-corrected chi connectivity index (χ2v) is 5.63. The maximum atomic E-state index is 12.0. The Morgan fingerprint density at radius 2 is 1.67 bits per heavy atom. The molecule has 0 fully saturated rings. The van der Waals surface area contributed by atoms with E-state index in [1.807, 2.05) is 67.7 Å². The van der Waals surface area contributed by atoms with E-state index in [9.17, 15) is 4.79 Å². The smallest absolute Gasteiger partial charge is 0.232 e. The molecule has 110 valence electrons. The average Bonchev–Trinajstić information content (AvgIpc) is 2.54. The highest BCUT2D eigenvalue weighted by molar-refractivity contribution is 8.00. The van der Waals surface area contributed by atoms with Gasteiger partial charge in [-0.1, -0.05) is 36.4 Å². The molecule has 0 spiro atoms. The topological polar surface area (TPSA) is 29.5 Å². The summed E-state index contributed by atoms with van der Waals surface area (Å²) in [6, 6.07) is 19.6. The van der Waals surface area contributed by atoms with Crippen LogP contribution in [0.2, 0.25) is 0 Å². The van der Waals surface area contributed by atoms with E-state index >= 15 is 0 Å². The molecule has 3 nitrogen and oxygen atoms in total. The molecule has 0 radical (unpaired) electrons. The molecule has 1 amide bonds. The van der Waals surface area contributed by atoms with Crippen LogP contribution in [0.1, 0.15) is 0 Å². The number of hydrogen-bond acceptors (Lipinski definition) is 3. The summed E-state index contributed by atoms with van der Waals surface area (Å²) in [5, 5.41) is 0. The van der Waals surface area contributed by atoms with Gasteiger partial charge >= 0.3 is 0 Å². The second-order valence-electron chi connectivity index (χ2n) is 4.58. The molecule has 0 atom stereocenters. The number of nitrogens with zero attached hydrogens (tertiary/aromatic N) is 1. The van der Waals surface area contributed by atoms with Gasteiger partial charge in [0.2, 0.25) is 5.91 Å². The first-order valence-corrected chi connectivity index (χ1v) is 7.84. The molecule has 4 heteroatoms. The molecule has 0 aliphatic rings. The summed E-state index contributed by atoms with van der Waals surface area (Å²) in [7, 11) is 1.81. The summed E-state index contributed by atoms with van der Waals surface area (Å²) in [6.45, 7) is 1.09. The first kappa shape index (κ1) is 15.4. The van der Waals surface area contributed by atoms with Gasteiger partial charge in [0.1, 0.15) is 12.4 Å². The van der Waals surface area contributed by atoms with Crippen molar-refractivity contribution < 1.29 is 9.53 Å². The van der Waals surface area contributed by atoms with Crippen LogP contribution in [-0.2, 0) is 4.79 Å². The molecule has 0 aromatic heterocycles. The monoisotopic (exact) mass is 301 g/mol. The molecule has 0 bridgehead atoms. The molecule has 0 saturated carbocycles. The quantitative estimate of drug-likeness (QED) is 0.735. The number of benzene rings is 2. The Balaban J connectivity index is 1.68. The van der Waals surface area contributed by atoms with Crippen molar-refractivity contribution in [3.8, 4) is 5.75 Å². The Labute approximate surface area is 129 Å². The third-order valence-corrected chi connectivity index (χ3v) is 3.97. The predicted molar refractivity (Wildman–Crippen MR) is 86.7 cm³/mol. The number of thioether (sulfide) groups is 1. The van der Waals surface area contributed by atoms with E-state index in [0.717, 1.165) is 10.6 Å². The fourth-order valence-electron chi connectivity index (χ4n) is 1.71. The molecule has 0 N–H and O–H groups in total. The van der Waals surface area contributed by atoms with Crippen molar-refractivity contribution in [2.24, 2.45) is 0 Å². The summed E-state index contributed by atoms with van der Waals surface area (Å²) in [5.74, 6) is 1.39. The molecule has 0 heterocycles. The van der Waals surface area contributed by atoms with Gasteiger partial charge in [-0.2, -0.15) is 0 Å². The zero-order chi connectivity index (χ0) is 14.9. The van der Waals surface area contributed by atoms with Crippen molar-refractivity contribution in [3.63, 3.8) is 0 Å². The minimum absolute atomic E-state index is 0.112. The molecule has 21 heavy (non-hydrogen) atoms. The molecule has 2 rings (SSSR count). The average molecular weight is 301 g/mol. The summed E-state index contributed by atoms with van der Waals surface area (Å²) in [6.07, 6.45) is 0. The molecule has 0 aliphatic heterocycles. The Bertz CT molecular complexity index is 545. The zero-order valence-electron chi connectivity index (χ0n) is 12.1. The van der Waals surface area contributed by atoms with Gasteiger partial charge in [0.15, 0.2) is 0 Å². The number of likely N-dealkylation sites (N-methyl/N-ethyl adjacent to an activating group) is 1. The molecule has 2 aromatic carbocycles. The number of para-hydroxylation sites is 1. The van der Waals surface area contributed by atoms with Crippen LogP contribution in [-0.4, -0.2) is 36.8 Å². The number of carbonyl (C=O) groups is 1. The first-order valence-electron chi connectivity index (χ1n) is 6.85. The molecule has 0 saturated heterocycles. The van der Waals surface area contributed by atoms with Crippen molar-refractivity contribution in [1.82, 2.24) is 4.90 Å².